The van der Waals surface area contributed by atoms with Gasteiger partial charge >= 0.3 is 0 Å². The lowest BCUT2D eigenvalue weighted by Crippen LogP contribution is -2.52. The molecule has 1 aliphatic carbocycles. The third-order valence-corrected chi connectivity index (χ3v) is 5.10. The molecule has 0 aromatic heterocycles. The molecular formula is C17H26BrNO2. The van der Waals surface area contributed by atoms with Crippen molar-refractivity contribution in [2.45, 2.75) is 57.1 Å². The zero-order valence-electron chi connectivity index (χ0n) is 13.0. The van der Waals surface area contributed by atoms with Crippen LogP contribution in [0.4, 0.5) is 0 Å². The van der Waals surface area contributed by atoms with E-state index in [-0.39, 0.29) is 11.6 Å². The number of hydrogen-bond donors (Lipinski definition) is 1. The number of benzene rings is 1. The van der Waals surface area contributed by atoms with Crippen molar-refractivity contribution in [2.75, 3.05) is 13.7 Å². The highest BCUT2D eigenvalue weighted by Crippen LogP contribution is 2.35. The first-order chi connectivity index (χ1) is 10.1. The molecule has 118 valence electrons. The zero-order valence-corrected chi connectivity index (χ0v) is 14.6. The molecule has 0 heterocycles. The first kappa shape index (κ1) is 16.8. The topological polar surface area (TPSA) is 44.5 Å². The summed E-state index contributed by atoms with van der Waals surface area (Å²) in [5.41, 5.74) is 7.63. The lowest BCUT2D eigenvalue weighted by atomic mass is 9.77. The van der Waals surface area contributed by atoms with Crippen LogP contribution in [-0.4, -0.2) is 25.4 Å². The molecule has 0 amide bonds. The fraction of sp³-hybridized carbons (Fsp3) is 0.647. The number of rotatable bonds is 6. The highest BCUT2D eigenvalue weighted by Gasteiger charge is 2.38. The van der Waals surface area contributed by atoms with Crippen molar-refractivity contribution in [1.82, 2.24) is 0 Å². The van der Waals surface area contributed by atoms with Crippen LogP contribution in [-0.2, 0) is 11.2 Å². The summed E-state index contributed by atoms with van der Waals surface area (Å²) < 4.78 is 12.4. The second kappa shape index (κ2) is 7.61. The van der Waals surface area contributed by atoms with Gasteiger partial charge in [-0.2, -0.15) is 0 Å². The number of halogens is 1. The Morgan fingerprint density at radius 1 is 1.29 bits per heavy atom. The summed E-state index contributed by atoms with van der Waals surface area (Å²) in [4.78, 5) is 0. The third kappa shape index (κ3) is 3.99. The van der Waals surface area contributed by atoms with E-state index in [0.717, 1.165) is 36.1 Å². The van der Waals surface area contributed by atoms with Gasteiger partial charge in [0.1, 0.15) is 5.75 Å². The number of nitrogens with two attached hydrogens (primary N) is 1. The minimum atomic E-state index is -0.139. The summed E-state index contributed by atoms with van der Waals surface area (Å²) in [5, 5.41) is 0. The van der Waals surface area contributed by atoms with Gasteiger partial charge in [-0.1, -0.05) is 25.3 Å². The lowest BCUT2D eigenvalue weighted by molar-refractivity contribution is -0.0817. The highest BCUT2D eigenvalue weighted by molar-refractivity contribution is 9.10. The molecule has 1 aliphatic rings. The molecule has 3 nitrogen and oxygen atoms in total. The molecule has 0 radical (unpaired) electrons. The first-order valence-corrected chi connectivity index (χ1v) is 8.62. The minimum absolute atomic E-state index is 0.0399. The molecule has 1 saturated carbocycles. The average molecular weight is 356 g/mol. The summed E-state index contributed by atoms with van der Waals surface area (Å²) in [6.07, 6.45) is 6.75. The van der Waals surface area contributed by atoms with Crippen molar-refractivity contribution in [3.63, 3.8) is 0 Å². The molecule has 2 rings (SSSR count). The second-order valence-corrected chi connectivity index (χ2v) is 6.69. The Balaban J connectivity index is 2.11. The van der Waals surface area contributed by atoms with Crippen molar-refractivity contribution in [3.05, 3.63) is 28.2 Å². The fourth-order valence-electron chi connectivity index (χ4n) is 3.34. The molecule has 0 saturated heterocycles. The van der Waals surface area contributed by atoms with E-state index in [2.05, 4.69) is 35.0 Å². The van der Waals surface area contributed by atoms with Crippen molar-refractivity contribution < 1.29 is 9.47 Å². The van der Waals surface area contributed by atoms with Crippen molar-refractivity contribution in [3.8, 4) is 5.75 Å². The van der Waals surface area contributed by atoms with Crippen LogP contribution in [0.15, 0.2) is 22.7 Å². The van der Waals surface area contributed by atoms with E-state index in [9.17, 15) is 0 Å². The Morgan fingerprint density at radius 2 is 2.00 bits per heavy atom. The summed E-state index contributed by atoms with van der Waals surface area (Å²) in [6, 6.07) is 6.21. The molecular weight excluding hydrogens is 330 g/mol. The van der Waals surface area contributed by atoms with Crippen LogP contribution in [0.1, 0.15) is 44.6 Å². The van der Waals surface area contributed by atoms with Crippen molar-refractivity contribution in [2.24, 2.45) is 5.73 Å². The molecule has 0 bridgehead atoms. The van der Waals surface area contributed by atoms with E-state index in [1.54, 1.807) is 7.11 Å². The normalized spacial score (nSPS) is 19.2. The van der Waals surface area contributed by atoms with Crippen LogP contribution < -0.4 is 10.5 Å². The molecule has 1 aromatic carbocycles. The summed E-state index contributed by atoms with van der Waals surface area (Å²) in [6.45, 7) is 2.80. The maximum Gasteiger partial charge on any atom is 0.133 e. The molecule has 1 unspecified atom stereocenters. The van der Waals surface area contributed by atoms with Crippen LogP contribution in [0.25, 0.3) is 0 Å². The summed E-state index contributed by atoms with van der Waals surface area (Å²) >= 11 is 3.54. The average Bonchev–Trinajstić information content (AvgIpc) is 2.48. The SMILES string of the molecule is CCOC1(C(N)Cc2ccc(OC)c(Br)c2)CCCCC1. The predicted octanol–water partition coefficient (Wildman–Crippen LogP) is 4.07. The van der Waals surface area contributed by atoms with E-state index in [4.69, 9.17) is 15.2 Å². The zero-order chi connectivity index (χ0) is 15.3. The van der Waals surface area contributed by atoms with Gasteiger partial charge in [0.25, 0.3) is 0 Å². The Bertz CT molecular complexity index is 453. The van der Waals surface area contributed by atoms with E-state index in [1.165, 1.54) is 24.8 Å². The molecule has 1 fully saturated rings. The van der Waals surface area contributed by atoms with Gasteiger partial charge in [-0.3, -0.25) is 0 Å². The van der Waals surface area contributed by atoms with E-state index in [0.29, 0.717) is 0 Å². The Labute approximate surface area is 136 Å². The molecule has 21 heavy (non-hydrogen) atoms. The summed E-state index contributed by atoms with van der Waals surface area (Å²) in [5.74, 6) is 0.851. The van der Waals surface area contributed by atoms with Gasteiger partial charge in [0, 0.05) is 12.6 Å². The summed E-state index contributed by atoms with van der Waals surface area (Å²) in [7, 11) is 1.68. The lowest BCUT2D eigenvalue weighted by Gasteiger charge is -2.41. The molecule has 1 atom stereocenters. The second-order valence-electron chi connectivity index (χ2n) is 5.84. The maximum atomic E-state index is 6.55. The number of ether oxygens (including phenoxy) is 2. The third-order valence-electron chi connectivity index (χ3n) is 4.48. The first-order valence-electron chi connectivity index (χ1n) is 7.83. The van der Waals surface area contributed by atoms with Gasteiger partial charge in [-0.25, -0.2) is 0 Å². The molecule has 0 spiro atoms. The van der Waals surface area contributed by atoms with E-state index in [1.807, 2.05) is 6.07 Å². The monoisotopic (exact) mass is 355 g/mol. The van der Waals surface area contributed by atoms with Gasteiger partial charge in [0.2, 0.25) is 0 Å². The van der Waals surface area contributed by atoms with Crippen molar-refractivity contribution in [1.29, 1.82) is 0 Å². The maximum absolute atomic E-state index is 6.55. The van der Waals surface area contributed by atoms with Crippen LogP contribution in [0.2, 0.25) is 0 Å². The number of methoxy groups -OCH3 is 1. The van der Waals surface area contributed by atoms with E-state index < -0.39 is 0 Å². The van der Waals surface area contributed by atoms with Crippen molar-refractivity contribution >= 4 is 15.9 Å². The fourth-order valence-corrected chi connectivity index (χ4v) is 3.92. The standard InChI is InChI=1S/C17H26BrNO2/c1-3-21-17(9-5-4-6-10-17)16(19)12-13-7-8-15(20-2)14(18)11-13/h7-8,11,16H,3-6,9-10,12,19H2,1-2H3. The Kier molecular flexibility index (Phi) is 6.08. The van der Waals surface area contributed by atoms with Crippen LogP contribution in [0, 0.1) is 0 Å². The Morgan fingerprint density at radius 3 is 2.57 bits per heavy atom. The van der Waals surface area contributed by atoms with Crippen LogP contribution in [0.3, 0.4) is 0 Å². The van der Waals surface area contributed by atoms with Crippen LogP contribution >= 0.6 is 15.9 Å². The van der Waals surface area contributed by atoms with E-state index >= 15 is 0 Å². The molecule has 2 N–H and O–H groups in total. The quantitative estimate of drug-likeness (QED) is 0.836. The molecule has 1 aromatic rings. The van der Waals surface area contributed by atoms with Gasteiger partial charge in [-0.05, 0) is 59.8 Å². The molecule has 0 aliphatic heterocycles. The van der Waals surface area contributed by atoms with Gasteiger partial charge in [-0.15, -0.1) is 0 Å². The number of hydrogen-bond acceptors (Lipinski definition) is 3. The Hall–Kier alpha value is -0.580. The highest BCUT2D eigenvalue weighted by atomic mass is 79.9. The van der Waals surface area contributed by atoms with Crippen LogP contribution in [0.5, 0.6) is 5.75 Å². The van der Waals surface area contributed by atoms with Gasteiger partial charge in [0.15, 0.2) is 0 Å². The predicted molar refractivity (Wildman–Crippen MR) is 89.8 cm³/mol. The minimum Gasteiger partial charge on any atom is -0.496 e. The van der Waals surface area contributed by atoms with Gasteiger partial charge in [0.05, 0.1) is 17.2 Å². The largest absolute Gasteiger partial charge is 0.496 e. The molecule has 4 heteroatoms. The smallest absolute Gasteiger partial charge is 0.133 e. The van der Waals surface area contributed by atoms with Gasteiger partial charge < -0.3 is 15.2 Å².